The van der Waals surface area contributed by atoms with Gasteiger partial charge < -0.3 is 79.5 Å². The molecule has 0 spiro atoms. The number of aromatic hydroxyl groups is 2. The summed E-state index contributed by atoms with van der Waals surface area (Å²) >= 11 is 0. The van der Waals surface area contributed by atoms with Gasteiger partial charge in [-0.1, -0.05) is 103 Å². The molecule has 0 aliphatic carbocycles. The van der Waals surface area contributed by atoms with Crippen LogP contribution in [0.5, 0.6) is 11.5 Å². The second-order valence-electron chi connectivity index (χ2n) is 20.9. The number of aliphatic hydroxyl groups excluding tert-OH is 1. The van der Waals surface area contributed by atoms with E-state index in [1.54, 1.807) is 84.0 Å². The molecule has 3 rings (SSSR count). The number of phenols is 2. The third kappa shape index (κ3) is 22.8. The number of rotatable bonds is 35. The first-order valence-electron chi connectivity index (χ1n) is 27.3. The van der Waals surface area contributed by atoms with E-state index >= 15 is 0 Å². The van der Waals surface area contributed by atoms with Crippen LogP contribution in [-0.4, -0.2) is 152 Å². The third-order valence-electron chi connectivity index (χ3n) is 13.6. The molecule has 3 aromatic rings. The van der Waals surface area contributed by atoms with E-state index in [1.165, 1.54) is 36.4 Å². The Morgan fingerprint density at radius 3 is 1.35 bits per heavy atom. The number of aliphatic carboxylic acids is 2. The van der Waals surface area contributed by atoms with Gasteiger partial charge in [0.05, 0.1) is 12.6 Å². The van der Waals surface area contributed by atoms with E-state index in [4.69, 9.17) is 11.5 Å². The number of carbonyl (C=O) groups is 10. The van der Waals surface area contributed by atoms with Crippen molar-refractivity contribution in [2.75, 3.05) is 13.2 Å². The molecule has 450 valence electrons. The number of nitrogens with one attached hydrogen (secondary N) is 8. The lowest BCUT2D eigenvalue weighted by Gasteiger charge is -2.30. The number of carboxylic acid groups (broad SMARTS) is 2. The summed E-state index contributed by atoms with van der Waals surface area (Å²) in [4.78, 5) is 136. The predicted octanol–water partition coefficient (Wildman–Crippen LogP) is -0.240. The Hall–Kier alpha value is -8.16. The molecule has 82 heavy (non-hydrogen) atoms. The quantitative estimate of drug-likeness (QED) is 0.0338. The second-order valence-corrected chi connectivity index (χ2v) is 20.9. The Bertz CT molecular complexity index is 2610. The fraction of sp³-hybridized carbons (Fsp3) is 0.509. The lowest BCUT2D eigenvalue weighted by molar-refractivity contribution is -0.143. The minimum atomic E-state index is -1.74. The molecule has 25 heteroatoms. The topological polar surface area (TPSA) is 420 Å². The van der Waals surface area contributed by atoms with E-state index in [0.29, 0.717) is 29.5 Å². The molecule has 25 nitrogen and oxygen atoms in total. The molecule has 0 unspecified atom stereocenters. The van der Waals surface area contributed by atoms with Crippen LogP contribution in [0.15, 0.2) is 78.9 Å². The molecule has 0 aliphatic rings. The van der Waals surface area contributed by atoms with Crippen molar-refractivity contribution < 1.29 is 73.5 Å². The van der Waals surface area contributed by atoms with Crippen LogP contribution >= 0.6 is 0 Å². The van der Waals surface area contributed by atoms with Crippen LogP contribution < -0.4 is 54.0 Å². The maximum Gasteiger partial charge on any atom is 0.326 e. The Balaban J connectivity index is 1.90. The largest absolute Gasteiger partial charge is 0.508 e. The minimum Gasteiger partial charge on any atom is -0.508 e. The zero-order valence-corrected chi connectivity index (χ0v) is 47.2. The fourth-order valence-corrected chi connectivity index (χ4v) is 8.47. The standard InChI is InChI=1S/C57H82N10O15/c1-7-33(6)48(56(80)63-42(28-34-13-9-8-10-14-34)52(76)62-43(29-36-18-22-38(70)23-19-36)53(77)66-47(32(4)5)57(81)82)67-51(75)40(15-11-12-26-58)60-50(74)41(24-25-45(71)72)61-54(78)44(30-68)64-55(79)46(31(2)3)65-49(73)39(59)27-35-16-20-37(69)21-17-35/h8-10,13-14,16-23,31-33,39-44,46-48,68-70H,7,11-12,15,24-30,58-59H2,1-6H3,(H,60,74)(H,61,78)(H,62,76)(H,63,80)(H,64,79)(H,65,73)(H,66,77)(H,67,75)(H,71,72)(H,81,82)/t33-,39-,40-,41-,42-,43-,44-,46-,47-,48-/m0/s1. The second kappa shape index (κ2) is 34.2. The Morgan fingerprint density at radius 2 is 0.866 bits per heavy atom. The first-order valence-corrected chi connectivity index (χ1v) is 27.3. The van der Waals surface area contributed by atoms with Crippen molar-refractivity contribution in [3.8, 4) is 11.5 Å². The van der Waals surface area contributed by atoms with E-state index in [-0.39, 0.29) is 50.1 Å². The van der Waals surface area contributed by atoms with Crippen molar-refractivity contribution >= 4 is 59.2 Å². The number of unbranched alkanes of at least 4 members (excludes halogenated alkanes) is 1. The van der Waals surface area contributed by atoms with Crippen LogP contribution in [0.4, 0.5) is 0 Å². The highest BCUT2D eigenvalue weighted by Gasteiger charge is 2.37. The lowest BCUT2D eigenvalue weighted by Crippen LogP contribution is -2.62. The molecule has 8 amide bonds. The van der Waals surface area contributed by atoms with E-state index in [1.807, 2.05) is 0 Å². The van der Waals surface area contributed by atoms with Gasteiger partial charge in [0.2, 0.25) is 47.3 Å². The fourth-order valence-electron chi connectivity index (χ4n) is 8.47. The molecule has 3 aromatic carbocycles. The molecule has 0 saturated heterocycles. The number of aliphatic hydroxyl groups is 1. The molecule has 0 radical (unpaired) electrons. The highest BCUT2D eigenvalue weighted by Crippen LogP contribution is 2.16. The summed E-state index contributed by atoms with van der Waals surface area (Å²) in [5.41, 5.74) is 13.6. The Kier molecular flexibility index (Phi) is 28.4. The maximum absolute atomic E-state index is 14.5. The first-order chi connectivity index (χ1) is 38.8. The van der Waals surface area contributed by atoms with E-state index in [9.17, 15) is 73.5 Å². The number of carbonyl (C=O) groups excluding carboxylic acids is 8. The van der Waals surface area contributed by atoms with Crippen molar-refractivity contribution in [1.82, 2.24) is 42.5 Å². The van der Waals surface area contributed by atoms with Crippen LogP contribution in [0, 0.1) is 17.8 Å². The van der Waals surface area contributed by atoms with Crippen molar-refractivity contribution in [3.05, 3.63) is 95.6 Å². The molecular weight excluding hydrogens is 1060 g/mol. The van der Waals surface area contributed by atoms with Gasteiger partial charge in [-0.25, -0.2) is 4.79 Å². The molecule has 17 N–H and O–H groups in total. The monoisotopic (exact) mass is 1150 g/mol. The van der Waals surface area contributed by atoms with Crippen molar-refractivity contribution in [3.63, 3.8) is 0 Å². The molecule has 0 aliphatic heterocycles. The van der Waals surface area contributed by atoms with Gasteiger partial charge in [0, 0.05) is 19.3 Å². The zero-order chi connectivity index (χ0) is 61.2. The van der Waals surface area contributed by atoms with Gasteiger partial charge in [-0.2, -0.15) is 0 Å². The number of benzene rings is 3. The highest BCUT2D eigenvalue weighted by atomic mass is 16.4. The number of hydrogen-bond acceptors (Lipinski definition) is 15. The van der Waals surface area contributed by atoms with Crippen molar-refractivity contribution in [2.45, 2.75) is 154 Å². The van der Waals surface area contributed by atoms with Crippen LogP contribution in [0.3, 0.4) is 0 Å². The summed E-state index contributed by atoms with van der Waals surface area (Å²) in [6.07, 6.45) is -0.543. The Labute approximate surface area is 476 Å². The summed E-state index contributed by atoms with van der Waals surface area (Å²) in [6, 6.07) is 7.58. The van der Waals surface area contributed by atoms with Gasteiger partial charge in [-0.15, -0.1) is 0 Å². The maximum atomic E-state index is 14.5. The average Bonchev–Trinajstić information content (AvgIpc) is 3.47. The smallest absolute Gasteiger partial charge is 0.326 e. The molecule has 0 heterocycles. The van der Waals surface area contributed by atoms with Crippen LogP contribution in [0.2, 0.25) is 0 Å². The molecule has 0 saturated carbocycles. The number of amides is 8. The normalized spacial score (nSPS) is 14.9. The van der Waals surface area contributed by atoms with Gasteiger partial charge in [0.25, 0.3) is 0 Å². The average molecular weight is 1150 g/mol. The minimum absolute atomic E-state index is 0.00965. The molecular formula is C57H82N10O15. The number of nitrogens with two attached hydrogens (primary N) is 2. The van der Waals surface area contributed by atoms with Crippen LogP contribution in [0.25, 0.3) is 0 Å². The van der Waals surface area contributed by atoms with Gasteiger partial charge in [-0.3, -0.25) is 43.2 Å². The molecule has 0 aromatic heterocycles. The van der Waals surface area contributed by atoms with Crippen LogP contribution in [-0.2, 0) is 67.2 Å². The third-order valence-corrected chi connectivity index (χ3v) is 13.6. The van der Waals surface area contributed by atoms with Gasteiger partial charge in [0.1, 0.15) is 59.8 Å². The van der Waals surface area contributed by atoms with E-state index in [2.05, 4.69) is 42.5 Å². The summed E-state index contributed by atoms with van der Waals surface area (Å²) in [5.74, 6) is -11.7. The SMILES string of the molecule is CC[C@H](C)[C@H](NC(=O)[C@H](CCCCN)NC(=O)[C@H](CCC(=O)O)NC(=O)[C@H](CO)NC(=O)[C@@H](NC(=O)[C@@H](N)Cc1ccc(O)cc1)C(C)C)C(=O)N[C@@H](Cc1ccccc1)C(=O)N[C@@H](Cc1ccc(O)cc1)C(=O)N[C@H](C(=O)O)C(C)C. The van der Waals surface area contributed by atoms with Crippen LogP contribution in [0.1, 0.15) is 96.8 Å². The van der Waals surface area contributed by atoms with Gasteiger partial charge in [-0.05, 0) is 97.4 Å². The van der Waals surface area contributed by atoms with E-state index in [0.717, 1.165) is 0 Å². The first kappa shape index (κ1) is 68.1. The highest BCUT2D eigenvalue weighted by molar-refractivity contribution is 5.98. The predicted molar refractivity (Wildman–Crippen MR) is 301 cm³/mol. The number of carboxylic acids is 2. The van der Waals surface area contributed by atoms with Crippen molar-refractivity contribution in [2.24, 2.45) is 29.2 Å². The summed E-state index contributed by atoms with van der Waals surface area (Å²) < 4.78 is 0. The summed E-state index contributed by atoms with van der Waals surface area (Å²) in [5, 5.41) is 69.7. The molecule has 0 fully saturated rings. The van der Waals surface area contributed by atoms with Gasteiger partial charge >= 0.3 is 11.9 Å². The van der Waals surface area contributed by atoms with E-state index < -0.39 is 151 Å². The van der Waals surface area contributed by atoms with Gasteiger partial charge in [0.15, 0.2) is 0 Å². The Morgan fingerprint density at radius 1 is 0.463 bits per heavy atom. The number of hydrogen-bond donors (Lipinski definition) is 15. The zero-order valence-electron chi connectivity index (χ0n) is 47.2. The molecule has 0 bridgehead atoms. The molecule has 10 atom stereocenters. The summed E-state index contributed by atoms with van der Waals surface area (Å²) in [6.45, 7) is 8.98. The number of phenolic OH excluding ortho intramolecular Hbond substituents is 2. The lowest BCUT2D eigenvalue weighted by atomic mass is 9.96. The summed E-state index contributed by atoms with van der Waals surface area (Å²) in [7, 11) is 0. The van der Waals surface area contributed by atoms with Crippen molar-refractivity contribution in [1.29, 1.82) is 0 Å².